The van der Waals surface area contributed by atoms with Crippen LogP contribution in [-0.2, 0) is 0 Å². The summed E-state index contributed by atoms with van der Waals surface area (Å²) in [5.41, 5.74) is 12.0. The Morgan fingerprint density at radius 3 is 1.53 bits per heavy atom. The van der Waals surface area contributed by atoms with Crippen molar-refractivity contribution in [3.05, 3.63) is 212 Å². The van der Waals surface area contributed by atoms with E-state index in [-0.39, 0.29) is 0 Å². The average molecular weight is 766 g/mol. The molecule has 60 heavy (non-hydrogen) atoms. The van der Waals surface area contributed by atoms with Crippen molar-refractivity contribution in [1.82, 2.24) is 24.1 Å². The highest BCUT2D eigenvalue weighted by Crippen LogP contribution is 2.39. The Balaban J connectivity index is 0.952. The van der Waals surface area contributed by atoms with Gasteiger partial charge in [0.15, 0.2) is 17.5 Å². The molecule has 280 valence electrons. The number of rotatable bonds is 6. The van der Waals surface area contributed by atoms with E-state index >= 15 is 0 Å². The molecule has 0 atom stereocenters. The van der Waals surface area contributed by atoms with Gasteiger partial charge in [0.1, 0.15) is 0 Å². The summed E-state index contributed by atoms with van der Waals surface area (Å²) in [7, 11) is 0. The lowest BCUT2D eigenvalue weighted by atomic mass is 10.0. The summed E-state index contributed by atoms with van der Waals surface area (Å²) in [4.78, 5) is 15.3. The Morgan fingerprint density at radius 1 is 0.267 bits per heavy atom. The number of aromatic nitrogens is 5. The maximum absolute atomic E-state index is 5.15. The lowest BCUT2D eigenvalue weighted by molar-refractivity contribution is 1.07. The Hall–Kier alpha value is -8.15. The molecule has 0 spiro atoms. The first-order valence-corrected chi connectivity index (χ1v) is 20.3. The van der Waals surface area contributed by atoms with Gasteiger partial charge in [0.25, 0.3) is 0 Å². The predicted octanol–water partition coefficient (Wildman–Crippen LogP) is 13.9. The molecule has 5 heteroatoms. The molecule has 0 saturated heterocycles. The van der Waals surface area contributed by atoms with E-state index < -0.39 is 0 Å². The van der Waals surface area contributed by atoms with Crippen molar-refractivity contribution in [2.75, 3.05) is 0 Å². The highest BCUT2D eigenvalue weighted by molar-refractivity contribution is 6.21. The number of hydrogen-bond donors (Lipinski definition) is 0. The molecule has 0 aliphatic heterocycles. The van der Waals surface area contributed by atoms with Gasteiger partial charge in [0.05, 0.1) is 22.1 Å². The van der Waals surface area contributed by atoms with Gasteiger partial charge in [-0.05, 0) is 82.6 Å². The molecule has 0 N–H and O–H groups in total. The summed E-state index contributed by atoms with van der Waals surface area (Å²) in [6, 6.07) is 75.1. The van der Waals surface area contributed by atoms with E-state index in [9.17, 15) is 0 Å². The second kappa shape index (κ2) is 13.8. The molecule has 3 aromatic heterocycles. The zero-order chi connectivity index (χ0) is 39.6. The Bertz CT molecular complexity index is 3580. The van der Waals surface area contributed by atoms with E-state index in [4.69, 9.17) is 15.0 Å². The van der Waals surface area contributed by atoms with Gasteiger partial charge in [-0.3, -0.25) is 0 Å². The van der Waals surface area contributed by atoms with E-state index in [0.717, 1.165) is 55.6 Å². The molecule has 0 aliphatic rings. The minimum Gasteiger partial charge on any atom is -0.309 e. The van der Waals surface area contributed by atoms with Gasteiger partial charge in [-0.2, -0.15) is 0 Å². The zero-order valence-electron chi connectivity index (χ0n) is 32.4. The number of fused-ring (bicyclic) bond motifs is 8. The number of para-hydroxylation sites is 3. The maximum atomic E-state index is 5.15. The Labute approximate surface area is 346 Å². The van der Waals surface area contributed by atoms with Crippen LogP contribution in [0.25, 0.3) is 111 Å². The van der Waals surface area contributed by atoms with Crippen molar-refractivity contribution in [3.63, 3.8) is 0 Å². The van der Waals surface area contributed by atoms with E-state index in [0.29, 0.717) is 17.5 Å². The van der Waals surface area contributed by atoms with Gasteiger partial charge in [-0.25, -0.2) is 15.0 Å². The monoisotopic (exact) mass is 765 g/mol. The summed E-state index contributed by atoms with van der Waals surface area (Å²) in [5, 5.41) is 7.38. The molecule has 12 rings (SSSR count). The van der Waals surface area contributed by atoms with Crippen molar-refractivity contribution in [1.29, 1.82) is 0 Å². The summed E-state index contributed by atoms with van der Waals surface area (Å²) in [6.07, 6.45) is 0. The second-order valence-electron chi connectivity index (χ2n) is 15.3. The summed E-state index contributed by atoms with van der Waals surface area (Å²) < 4.78 is 4.72. The quantitative estimate of drug-likeness (QED) is 0.169. The molecule has 5 nitrogen and oxygen atoms in total. The molecule has 9 aromatic carbocycles. The second-order valence-corrected chi connectivity index (χ2v) is 15.3. The van der Waals surface area contributed by atoms with E-state index in [1.54, 1.807) is 0 Å². The van der Waals surface area contributed by atoms with Crippen LogP contribution in [0.3, 0.4) is 0 Å². The predicted molar refractivity (Wildman–Crippen MR) is 248 cm³/mol. The van der Waals surface area contributed by atoms with Crippen molar-refractivity contribution in [2.45, 2.75) is 0 Å². The molecule has 0 saturated carbocycles. The van der Waals surface area contributed by atoms with Crippen LogP contribution in [-0.4, -0.2) is 24.1 Å². The Kier molecular flexibility index (Phi) is 7.78. The fourth-order valence-electron chi connectivity index (χ4n) is 8.97. The molecular weight excluding hydrogens is 731 g/mol. The van der Waals surface area contributed by atoms with Crippen molar-refractivity contribution in [2.24, 2.45) is 0 Å². The first kappa shape index (κ1) is 33.9. The van der Waals surface area contributed by atoms with Crippen molar-refractivity contribution >= 4 is 54.4 Å². The van der Waals surface area contributed by atoms with Gasteiger partial charge in [0, 0.05) is 49.6 Å². The third-order valence-electron chi connectivity index (χ3n) is 11.8. The van der Waals surface area contributed by atoms with Crippen LogP contribution in [0.15, 0.2) is 212 Å². The highest BCUT2D eigenvalue weighted by atomic mass is 15.0. The standard InChI is InChI=1S/C55H35N5/c1-3-15-38(16-4-1)53-56-54(58-55(57-53)41-31-32-50-47(35-41)45-22-9-11-24-48(45)59(50)42-18-5-2-6-19-42)39-28-26-36(27-29-39)40-17-13-20-43(34-40)60-49-25-12-10-23-46(49)52-44-21-8-7-14-37(44)30-33-51(52)60/h1-35H. The molecule has 12 aromatic rings. The third kappa shape index (κ3) is 5.52. The van der Waals surface area contributed by atoms with E-state index in [1.807, 2.05) is 18.2 Å². The lowest BCUT2D eigenvalue weighted by Gasteiger charge is -2.12. The normalized spacial score (nSPS) is 11.7. The topological polar surface area (TPSA) is 48.5 Å². The minimum atomic E-state index is 0.628. The molecule has 0 bridgehead atoms. The molecule has 0 amide bonds. The van der Waals surface area contributed by atoms with Gasteiger partial charge in [-0.15, -0.1) is 0 Å². The van der Waals surface area contributed by atoms with Crippen LogP contribution in [0.5, 0.6) is 0 Å². The molecular formula is C55H35N5. The Morgan fingerprint density at radius 2 is 0.767 bits per heavy atom. The zero-order valence-corrected chi connectivity index (χ0v) is 32.4. The van der Waals surface area contributed by atoms with Crippen LogP contribution >= 0.6 is 0 Å². The van der Waals surface area contributed by atoms with Crippen molar-refractivity contribution in [3.8, 4) is 56.7 Å². The number of hydrogen-bond acceptors (Lipinski definition) is 3. The molecule has 0 fully saturated rings. The van der Waals surface area contributed by atoms with Gasteiger partial charge in [-0.1, -0.05) is 152 Å². The maximum Gasteiger partial charge on any atom is 0.164 e. The van der Waals surface area contributed by atoms with Gasteiger partial charge < -0.3 is 9.13 Å². The lowest BCUT2D eigenvalue weighted by Crippen LogP contribution is -2.00. The van der Waals surface area contributed by atoms with Gasteiger partial charge in [0.2, 0.25) is 0 Å². The van der Waals surface area contributed by atoms with Crippen LogP contribution in [0.4, 0.5) is 0 Å². The van der Waals surface area contributed by atoms with E-state index in [1.165, 1.54) is 38.0 Å². The SMILES string of the molecule is c1ccc(-c2nc(-c3ccc(-c4cccc(-n5c6ccccc6c6c7ccccc7ccc65)c4)cc3)nc(-c3ccc4c(c3)c3ccccc3n4-c3ccccc3)n2)cc1. The minimum absolute atomic E-state index is 0.628. The largest absolute Gasteiger partial charge is 0.309 e. The molecule has 0 radical (unpaired) electrons. The van der Waals surface area contributed by atoms with Crippen LogP contribution in [0, 0.1) is 0 Å². The summed E-state index contributed by atoms with van der Waals surface area (Å²) in [6.45, 7) is 0. The van der Waals surface area contributed by atoms with Crippen LogP contribution < -0.4 is 0 Å². The summed E-state index contributed by atoms with van der Waals surface area (Å²) >= 11 is 0. The average Bonchev–Trinajstić information content (AvgIpc) is 3.85. The van der Waals surface area contributed by atoms with Crippen LogP contribution in [0.2, 0.25) is 0 Å². The number of nitrogens with zero attached hydrogens (tertiary/aromatic N) is 5. The van der Waals surface area contributed by atoms with Gasteiger partial charge >= 0.3 is 0 Å². The van der Waals surface area contributed by atoms with Crippen LogP contribution in [0.1, 0.15) is 0 Å². The third-order valence-corrected chi connectivity index (χ3v) is 11.8. The highest BCUT2D eigenvalue weighted by Gasteiger charge is 2.18. The first-order chi connectivity index (χ1) is 29.7. The molecule has 0 aliphatic carbocycles. The smallest absolute Gasteiger partial charge is 0.164 e. The summed E-state index contributed by atoms with van der Waals surface area (Å²) in [5.74, 6) is 1.90. The van der Waals surface area contributed by atoms with E-state index in [2.05, 4.69) is 203 Å². The fraction of sp³-hybridized carbons (Fsp3) is 0. The fourth-order valence-corrected chi connectivity index (χ4v) is 8.97. The van der Waals surface area contributed by atoms with Crippen molar-refractivity contribution < 1.29 is 0 Å². The first-order valence-electron chi connectivity index (χ1n) is 20.3. The molecule has 3 heterocycles. The molecule has 0 unspecified atom stereocenters. The number of benzene rings is 9.